The van der Waals surface area contributed by atoms with Crippen LogP contribution in [0, 0.1) is 0 Å². The van der Waals surface area contributed by atoms with Crippen LogP contribution in [-0.4, -0.2) is 29.0 Å². The lowest BCUT2D eigenvalue weighted by molar-refractivity contribution is 0.0600. The first-order chi connectivity index (χ1) is 13.0. The largest absolute Gasteiger partial charge is 0.465 e. The molecule has 3 aromatic rings. The molecule has 0 saturated heterocycles. The van der Waals surface area contributed by atoms with Crippen molar-refractivity contribution in [2.24, 2.45) is 0 Å². The monoisotopic (exact) mass is 382 g/mol. The van der Waals surface area contributed by atoms with Crippen LogP contribution in [0.5, 0.6) is 0 Å². The van der Waals surface area contributed by atoms with E-state index in [4.69, 9.17) is 11.6 Å². The standard InChI is InChI=1S/C19H15ClN4O3/c1-27-19(26)12-2-6-15(7-3-12)24-18(25)16-10-17(22-11-21-16)23-14-8-4-13(20)5-9-14/h2-11H,1H3,(H,24,25)(H,21,22,23). The number of ether oxygens (including phenoxy) is 1. The SMILES string of the molecule is COC(=O)c1ccc(NC(=O)c2cc(Nc3ccc(Cl)cc3)ncn2)cc1. The summed E-state index contributed by atoms with van der Waals surface area (Å²) in [7, 11) is 1.31. The molecule has 2 N–H and O–H groups in total. The molecule has 0 radical (unpaired) electrons. The number of esters is 1. The lowest BCUT2D eigenvalue weighted by Gasteiger charge is -2.08. The summed E-state index contributed by atoms with van der Waals surface area (Å²) in [6.07, 6.45) is 1.30. The Morgan fingerprint density at radius 3 is 2.30 bits per heavy atom. The number of carbonyl (C=O) groups excluding carboxylic acids is 2. The maximum atomic E-state index is 12.4. The fourth-order valence-electron chi connectivity index (χ4n) is 2.23. The van der Waals surface area contributed by atoms with Gasteiger partial charge in [0.15, 0.2) is 0 Å². The van der Waals surface area contributed by atoms with E-state index in [1.165, 1.54) is 19.5 Å². The lowest BCUT2D eigenvalue weighted by atomic mass is 10.2. The molecule has 0 fully saturated rings. The number of hydrogen-bond donors (Lipinski definition) is 2. The van der Waals surface area contributed by atoms with E-state index in [1.54, 1.807) is 48.5 Å². The van der Waals surface area contributed by atoms with Crippen molar-refractivity contribution >= 4 is 40.7 Å². The van der Waals surface area contributed by atoms with Gasteiger partial charge in [-0.05, 0) is 48.5 Å². The van der Waals surface area contributed by atoms with Crippen molar-refractivity contribution in [1.82, 2.24) is 9.97 Å². The molecule has 7 nitrogen and oxygen atoms in total. The molecule has 1 aromatic heterocycles. The van der Waals surface area contributed by atoms with Gasteiger partial charge in [0.25, 0.3) is 5.91 Å². The Labute approximate surface area is 160 Å². The number of nitrogens with zero attached hydrogens (tertiary/aromatic N) is 2. The Balaban J connectivity index is 1.69. The molecule has 8 heteroatoms. The second-order valence-electron chi connectivity index (χ2n) is 5.44. The number of amides is 1. The Hall–Kier alpha value is -3.45. The number of aromatic nitrogens is 2. The van der Waals surface area contributed by atoms with E-state index in [-0.39, 0.29) is 5.69 Å². The predicted octanol–water partition coefficient (Wildman–Crippen LogP) is 3.91. The first kappa shape index (κ1) is 18.3. The van der Waals surface area contributed by atoms with Gasteiger partial charge in [0.1, 0.15) is 17.8 Å². The van der Waals surface area contributed by atoms with Gasteiger partial charge >= 0.3 is 5.97 Å². The lowest BCUT2D eigenvalue weighted by Crippen LogP contribution is -2.14. The van der Waals surface area contributed by atoms with Gasteiger partial charge in [0, 0.05) is 22.5 Å². The topological polar surface area (TPSA) is 93.2 Å². The van der Waals surface area contributed by atoms with Crippen molar-refractivity contribution in [3.05, 3.63) is 77.2 Å². The van der Waals surface area contributed by atoms with E-state index in [2.05, 4.69) is 25.3 Å². The molecule has 3 rings (SSSR count). The highest BCUT2D eigenvalue weighted by molar-refractivity contribution is 6.30. The second-order valence-corrected chi connectivity index (χ2v) is 5.88. The van der Waals surface area contributed by atoms with E-state index < -0.39 is 11.9 Å². The summed E-state index contributed by atoms with van der Waals surface area (Å²) in [6.45, 7) is 0. The quantitative estimate of drug-likeness (QED) is 0.650. The summed E-state index contributed by atoms with van der Waals surface area (Å²) in [5.74, 6) is -0.373. The molecule has 0 unspecified atom stereocenters. The minimum absolute atomic E-state index is 0.193. The van der Waals surface area contributed by atoms with Crippen LogP contribution < -0.4 is 10.6 Å². The third kappa shape index (κ3) is 4.80. The minimum atomic E-state index is -0.443. The normalized spacial score (nSPS) is 10.1. The van der Waals surface area contributed by atoms with Crippen molar-refractivity contribution in [3.63, 3.8) is 0 Å². The van der Waals surface area contributed by atoms with Gasteiger partial charge < -0.3 is 15.4 Å². The summed E-state index contributed by atoms with van der Waals surface area (Å²) >= 11 is 5.86. The molecule has 0 bridgehead atoms. The molecule has 1 amide bonds. The molecule has 0 aliphatic heterocycles. The highest BCUT2D eigenvalue weighted by Crippen LogP contribution is 2.18. The summed E-state index contributed by atoms with van der Waals surface area (Å²) in [5, 5.41) is 6.42. The summed E-state index contributed by atoms with van der Waals surface area (Å²) in [4.78, 5) is 31.9. The molecule has 27 heavy (non-hydrogen) atoms. The zero-order valence-electron chi connectivity index (χ0n) is 14.3. The molecule has 1 heterocycles. The van der Waals surface area contributed by atoms with Crippen LogP contribution in [0.4, 0.5) is 17.2 Å². The van der Waals surface area contributed by atoms with Crippen LogP contribution in [0.15, 0.2) is 60.9 Å². The Kier molecular flexibility index (Phi) is 5.63. The number of rotatable bonds is 5. The van der Waals surface area contributed by atoms with Crippen LogP contribution in [0.2, 0.25) is 5.02 Å². The Bertz CT molecular complexity index is 959. The molecule has 0 spiro atoms. The highest BCUT2D eigenvalue weighted by Gasteiger charge is 2.11. The van der Waals surface area contributed by atoms with Gasteiger partial charge in [-0.2, -0.15) is 0 Å². The van der Waals surface area contributed by atoms with Gasteiger partial charge in [-0.1, -0.05) is 11.6 Å². The summed E-state index contributed by atoms with van der Waals surface area (Å²) in [5.41, 5.74) is 1.90. The van der Waals surface area contributed by atoms with E-state index in [0.717, 1.165) is 5.69 Å². The van der Waals surface area contributed by atoms with Crippen LogP contribution in [-0.2, 0) is 4.74 Å². The maximum absolute atomic E-state index is 12.4. The zero-order valence-corrected chi connectivity index (χ0v) is 15.0. The molecule has 0 atom stereocenters. The van der Waals surface area contributed by atoms with Crippen molar-refractivity contribution in [2.75, 3.05) is 17.7 Å². The predicted molar refractivity (Wildman–Crippen MR) is 103 cm³/mol. The van der Waals surface area contributed by atoms with Crippen LogP contribution in [0.25, 0.3) is 0 Å². The number of anilines is 3. The fraction of sp³-hybridized carbons (Fsp3) is 0.0526. The molecule has 2 aromatic carbocycles. The third-order valence-electron chi connectivity index (χ3n) is 3.58. The smallest absolute Gasteiger partial charge is 0.337 e. The number of benzene rings is 2. The highest BCUT2D eigenvalue weighted by atomic mass is 35.5. The van der Waals surface area contributed by atoms with Crippen LogP contribution >= 0.6 is 11.6 Å². The first-order valence-electron chi connectivity index (χ1n) is 7.89. The molecular weight excluding hydrogens is 368 g/mol. The average Bonchev–Trinajstić information content (AvgIpc) is 2.70. The summed E-state index contributed by atoms with van der Waals surface area (Å²) in [6, 6.07) is 15.0. The van der Waals surface area contributed by atoms with Crippen molar-refractivity contribution in [3.8, 4) is 0 Å². The van der Waals surface area contributed by atoms with Gasteiger partial charge in [-0.15, -0.1) is 0 Å². The van der Waals surface area contributed by atoms with Crippen LogP contribution in [0.1, 0.15) is 20.8 Å². The van der Waals surface area contributed by atoms with E-state index >= 15 is 0 Å². The first-order valence-corrected chi connectivity index (χ1v) is 8.27. The number of carbonyl (C=O) groups is 2. The van der Waals surface area contributed by atoms with Crippen molar-refractivity contribution < 1.29 is 14.3 Å². The Morgan fingerprint density at radius 1 is 0.963 bits per heavy atom. The fourth-order valence-corrected chi connectivity index (χ4v) is 2.36. The van der Waals surface area contributed by atoms with E-state index in [1.807, 2.05) is 0 Å². The maximum Gasteiger partial charge on any atom is 0.337 e. The number of methoxy groups -OCH3 is 1. The van der Waals surface area contributed by atoms with Gasteiger partial charge in [0.05, 0.1) is 12.7 Å². The number of nitrogens with one attached hydrogen (secondary N) is 2. The number of halogens is 1. The minimum Gasteiger partial charge on any atom is -0.465 e. The van der Waals surface area contributed by atoms with E-state index in [9.17, 15) is 9.59 Å². The molecule has 0 saturated carbocycles. The second kappa shape index (κ2) is 8.29. The zero-order chi connectivity index (χ0) is 19.2. The van der Waals surface area contributed by atoms with Gasteiger partial charge in [-0.3, -0.25) is 4.79 Å². The molecule has 0 aliphatic rings. The third-order valence-corrected chi connectivity index (χ3v) is 3.83. The van der Waals surface area contributed by atoms with Gasteiger partial charge in [-0.25, -0.2) is 14.8 Å². The van der Waals surface area contributed by atoms with Crippen LogP contribution in [0.3, 0.4) is 0 Å². The summed E-state index contributed by atoms with van der Waals surface area (Å²) < 4.78 is 4.64. The van der Waals surface area contributed by atoms with Crippen molar-refractivity contribution in [1.29, 1.82) is 0 Å². The Morgan fingerprint density at radius 2 is 1.63 bits per heavy atom. The van der Waals surface area contributed by atoms with Crippen molar-refractivity contribution in [2.45, 2.75) is 0 Å². The molecular formula is C19H15ClN4O3. The number of hydrogen-bond acceptors (Lipinski definition) is 6. The molecule has 136 valence electrons. The molecule has 0 aliphatic carbocycles. The van der Waals surface area contributed by atoms with E-state index in [0.29, 0.717) is 22.1 Å². The average molecular weight is 383 g/mol. The van der Waals surface area contributed by atoms with Gasteiger partial charge in [0.2, 0.25) is 0 Å².